The first-order valence-electron chi connectivity index (χ1n) is 5.92. The molecule has 0 aromatic heterocycles. The van der Waals surface area contributed by atoms with Crippen molar-refractivity contribution in [2.75, 3.05) is 24.5 Å². The second kappa shape index (κ2) is 3.59. The first-order valence-corrected chi connectivity index (χ1v) is 5.92. The van der Waals surface area contributed by atoms with Gasteiger partial charge in [0.25, 0.3) is 0 Å². The molecule has 1 aromatic carbocycles. The molecule has 3 nitrogen and oxygen atoms in total. The standard InChI is InChI=1S/C13H17N3/c14-9-13(5-6-13)11-3-1-2-4-12(11)16-8-7-15-10-16/h1-4,10H,5-9,14H2. The number of para-hydroxylation sites is 1. The third-order valence-electron chi connectivity index (χ3n) is 3.72. The molecule has 1 aliphatic heterocycles. The van der Waals surface area contributed by atoms with Gasteiger partial charge in [0.1, 0.15) is 0 Å². The molecular weight excluding hydrogens is 198 g/mol. The van der Waals surface area contributed by atoms with Crippen molar-refractivity contribution in [3.05, 3.63) is 29.8 Å². The van der Waals surface area contributed by atoms with Crippen LogP contribution in [0.25, 0.3) is 0 Å². The molecule has 0 amide bonds. The summed E-state index contributed by atoms with van der Waals surface area (Å²) in [7, 11) is 0. The first kappa shape index (κ1) is 9.85. The number of benzene rings is 1. The third-order valence-corrected chi connectivity index (χ3v) is 3.72. The average molecular weight is 215 g/mol. The summed E-state index contributed by atoms with van der Waals surface area (Å²) < 4.78 is 0. The van der Waals surface area contributed by atoms with Crippen molar-refractivity contribution in [2.24, 2.45) is 10.7 Å². The van der Waals surface area contributed by atoms with Gasteiger partial charge in [0.2, 0.25) is 0 Å². The van der Waals surface area contributed by atoms with Gasteiger partial charge in [-0.2, -0.15) is 0 Å². The Bertz CT molecular complexity index is 421. The van der Waals surface area contributed by atoms with Crippen LogP contribution >= 0.6 is 0 Å². The molecule has 1 fully saturated rings. The third kappa shape index (κ3) is 1.43. The highest BCUT2D eigenvalue weighted by Gasteiger charge is 2.44. The van der Waals surface area contributed by atoms with E-state index < -0.39 is 0 Å². The van der Waals surface area contributed by atoms with Gasteiger partial charge in [0.15, 0.2) is 0 Å². The second-order valence-corrected chi connectivity index (χ2v) is 4.72. The topological polar surface area (TPSA) is 41.6 Å². The van der Waals surface area contributed by atoms with Gasteiger partial charge in [-0.15, -0.1) is 0 Å². The number of nitrogens with zero attached hydrogens (tertiary/aromatic N) is 2. The van der Waals surface area contributed by atoms with Crippen molar-refractivity contribution in [1.29, 1.82) is 0 Å². The average Bonchev–Trinajstić information content (AvgIpc) is 2.95. The van der Waals surface area contributed by atoms with Gasteiger partial charge in [0, 0.05) is 24.2 Å². The summed E-state index contributed by atoms with van der Waals surface area (Å²) in [5.74, 6) is 0. The van der Waals surface area contributed by atoms with E-state index >= 15 is 0 Å². The van der Waals surface area contributed by atoms with Crippen molar-refractivity contribution in [3.63, 3.8) is 0 Å². The van der Waals surface area contributed by atoms with Crippen molar-refractivity contribution in [3.8, 4) is 0 Å². The fourth-order valence-corrected chi connectivity index (χ4v) is 2.47. The van der Waals surface area contributed by atoms with Crippen LogP contribution in [-0.4, -0.2) is 26.0 Å². The lowest BCUT2D eigenvalue weighted by Gasteiger charge is -2.23. The number of nitrogens with two attached hydrogens (primary N) is 1. The van der Waals surface area contributed by atoms with E-state index in [1.165, 1.54) is 24.1 Å². The second-order valence-electron chi connectivity index (χ2n) is 4.72. The first-order chi connectivity index (χ1) is 7.86. The number of aliphatic imine (C=N–C) groups is 1. The zero-order valence-corrected chi connectivity index (χ0v) is 9.39. The molecule has 1 aliphatic carbocycles. The fraction of sp³-hybridized carbons (Fsp3) is 0.462. The van der Waals surface area contributed by atoms with Gasteiger partial charge in [0.05, 0.1) is 12.9 Å². The van der Waals surface area contributed by atoms with E-state index in [-0.39, 0.29) is 5.41 Å². The molecule has 3 heteroatoms. The van der Waals surface area contributed by atoms with Crippen LogP contribution in [-0.2, 0) is 5.41 Å². The zero-order valence-electron chi connectivity index (χ0n) is 9.39. The Balaban J connectivity index is 2.01. The van der Waals surface area contributed by atoms with Crippen LogP contribution in [0.2, 0.25) is 0 Å². The Kier molecular flexibility index (Phi) is 2.21. The Labute approximate surface area is 96.0 Å². The molecule has 3 rings (SSSR count). The molecule has 0 saturated heterocycles. The quantitative estimate of drug-likeness (QED) is 0.830. The van der Waals surface area contributed by atoms with Crippen LogP contribution < -0.4 is 10.6 Å². The molecule has 1 heterocycles. The zero-order chi connectivity index (χ0) is 11.0. The van der Waals surface area contributed by atoms with Gasteiger partial charge in [-0.05, 0) is 24.5 Å². The molecule has 0 spiro atoms. The minimum atomic E-state index is 0.257. The summed E-state index contributed by atoms with van der Waals surface area (Å²) in [6.45, 7) is 2.66. The predicted octanol–water partition coefficient (Wildman–Crippen LogP) is 1.53. The van der Waals surface area contributed by atoms with Crippen molar-refractivity contribution in [2.45, 2.75) is 18.3 Å². The van der Waals surface area contributed by atoms with Gasteiger partial charge in [-0.3, -0.25) is 4.99 Å². The molecule has 1 saturated carbocycles. The maximum Gasteiger partial charge on any atom is 0.0895 e. The summed E-state index contributed by atoms with van der Waals surface area (Å²) >= 11 is 0. The molecule has 84 valence electrons. The number of hydrogen-bond acceptors (Lipinski definition) is 3. The maximum absolute atomic E-state index is 5.92. The molecule has 2 N–H and O–H groups in total. The number of hydrogen-bond donors (Lipinski definition) is 1. The van der Waals surface area contributed by atoms with Crippen LogP contribution in [0.5, 0.6) is 0 Å². The van der Waals surface area contributed by atoms with Gasteiger partial charge in [-0.1, -0.05) is 18.2 Å². The predicted molar refractivity (Wildman–Crippen MR) is 67.1 cm³/mol. The summed E-state index contributed by atoms with van der Waals surface area (Å²) in [6, 6.07) is 8.61. The minimum absolute atomic E-state index is 0.257. The lowest BCUT2D eigenvalue weighted by atomic mass is 9.94. The molecule has 16 heavy (non-hydrogen) atoms. The highest BCUT2D eigenvalue weighted by atomic mass is 15.2. The lowest BCUT2D eigenvalue weighted by molar-refractivity contribution is 0.703. The molecule has 0 bridgehead atoms. The molecular formula is C13H17N3. The highest BCUT2D eigenvalue weighted by Crippen LogP contribution is 2.50. The normalized spacial score (nSPS) is 21.4. The van der Waals surface area contributed by atoms with E-state index in [0.29, 0.717) is 0 Å². The van der Waals surface area contributed by atoms with Crippen LogP contribution in [0.3, 0.4) is 0 Å². The number of rotatable bonds is 3. The van der Waals surface area contributed by atoms with E-state index in [1.807, 2.05) is 6.34 Å². The number of anilines is 1. The van der Waals surface area contributed by atoms with Crippen LogP contribution in [0, 0.1) is 0 Å². The molecule has 0 unspecified atom stereocenters. The molecule has 0 atom stereocenters. The molecule has 1 aromatic rings. The largest absolute Gasteiger partial charge is 0.331 e. The Morgan fingerprint density at radius 3 is 2.75 bits per heavy atom. The van der Waals surface area contributed by atoms with Gasteiger partial charge >= 0.3 is 0 Å². The summed E-state index contributed by atoms with van der Waals surface area (Å²) in [6.07, 6.45) is 4.41. The van der Waals surface area contributed by atoms with Crippen LogP contribution in [0.15, 0.2) is 29.3 Å². The van der Waals surface area contributed by atoms with Crippen molar-refractivity contribution < 1.29 is 0 Å². The minimum Gasteiger partial charge on any atom is -0.331 e. The highest BCUT2D eigenvalue weighted by molar-refractivity contribution is 5.83. The van der Waals surface area contributed by atoms with E-state index in [0.717, 1.165) is 19.6 Å². The molecule has 0 radical (unpaired) electrons. The Morgan fingerprint density at radius 1 is 1.31 bits per heavy atom. The maximum atomic E-state index is 5.92. The summed E-state index contributed by atoms with van der Waals surface area (Å²) in [5, 5.41) is 0. The Morgan fingerprint density at radius 2 is 2.12 bits per heavy atom. The Hall–Kier alpha value is -1.35. The van der Waals surface area contributed by atoms with Crippen molar-refractivity contribution >= 4 is 12.0 Å². The fourth-order valence-electron chi connectivity index (χ4n) is 2.47. The van der Waals surface area contributed by atoms with Crippen molar-refractivity contribution in [1.82, 2.24) is 0 Å². The monoisotopic (exact) mass is 215 g/mol. The molecule has 2 aliphatic rings. The smallest absolute Gasteiger partial charge is 0.0895 e. The summed E-state index contributed by atoms with van der Waals surface area (Å²) in [4.78, 5) is 6.52. The van der Waals surface area contributed by atoms with E-state index in [2.05, 4.69) is 34.2 Å². The SMILES string of the molecule is NCC1(c2ccccc2N2C=NCC2)CC1. The van der Waals surface area contributed by atoms with E-state index in [9.17, 15) is 0 Å². The lowest BCUT2D eigenvalue weighted by Crippen LogP contribution is -2.26. The van der Waals surface area contributed by atoms with Gasteiger partial charge < -0.3 is 10.6 Å². The van der Waals surface area contributed by atoms with Crippen LogP contribution in [0.1, 0.15) is 18.4 Å². The van der Waals surface area contributed by atoms with E-state index in [1.54, 1.807) is 0 Å². The van der Waals surface area contributed by atoms with Gasteiger partial charge in [-0.25, -0.2) is 0 Å². The van der Waals surface area contributed by atoms with Crippen LogP contribution in [0.4, 0.5) is 5.69 Å². The van der Waals surface area contributed by atoms with E-state index in [4.69, 9.17) is 5.73 Å². The summed E-state index contributed by atoms with van der Waals surface area (Å²) in [5.41, 5.74) is 8.88.